The molecule has 0 aromatic rings. The summed E-state index contributed by atoms with van der Waals surface area (Å²) in [6, 6.07) is 2.37. The third kappa shape index (κ3) is 3.73. The fourth-order valence-electron chi connectivity index (χ4n) is 2.61. The maximum absolute atomic E-state index is 12.0. The highest BCUT2D eigenvalue weighted by molar-refractivity contribution is 5.81. The fourth-order valence-corrected chi connectivity index (χ4v) is 2.61. The minimum Gasteiger partial charge on any atom is -0.352 e. The smallest absolute Gasteiger partial charge is 0.237 e. The van der Waals surface area contributed by atoms with Crippen LogP contribution in [0, 0.1) is 29.1 Å². The van der Waals surface area contributed by atoms with Gasteiger partial charge in [-0.1, -0.05) is 40.0 Å². The molecule has 0 aromatic carbocycles. The van der Waals surface area contributed by atoms with Gasteiger partial charge in [0.25, 0.3) is 0 Å². The molecule has 1 rings (SSSR count). The standard InChI is InChI=1S/C14H24N2O/c1-4-6-12(9-15)14(17)16-13-8-5-7-10(2)11(13)3/h10-13H,4-8H2,1-3H3,(H,16,17). The van der Waals surface area contributed by atoms with Gasteiger partial charge in [0.05, 0.1) is 6.07 Å². The topological polar surface area (TPSA) is 52.9 Å². The molecule has 0 spiro atoms. The van der Waals surface area contributed by atoms with Gasteiger partial charge in [0.2, 0.25) is 5.91 Å². The van der Waals surface area contributed by atoms with Gasteiger partial charge in [-0.25, -0.2) is 0 Å². The first-order valence-corrected chi connectivity index (χ1v) is 6.80. The first-order valence-electron chi connectivity index (χ1n) is 6.80. The number of amides is 1. The van der Waals surface area contributed by atoms with Crippen molar-refractivity contribution in [1.29, 1.82) is 5.26 Å². The number of rotatable bonds is 4. The average molecular weight is 236 g/mol. The van der Waals surface area contributed by atoms with Gasteiger partial charge in [0.15, 0.2) is 0 Å². The Morgan fingerprint density at radius 3 is 2.76 bits per heavy atom. The van der Waals surface area contributed by atoms with E-state index in [0.29, 0.717) is 18.3 Å². The van der Waals surface area contributed by atoms with Crippen molar-refractivity contribution in [3.05, 3.63) is 0 Å². The quantitative estimate of drug-likeness (QED) is 0.816. The molecule has 3 heteroatoms. The molecule has 0 aliphatic heterocycles. The predicted octanol–water partition coefficient (Wildman–Crippen LogP) is 2.87. The molecule has 1 aliphatic carbocycles. The lowest BCUT2D eigenvalue weighted by atomic mass is 9.78. The van der Waals surface area contributed by atoms with Crippen LogP contribution in [0.1, 0.15) is 52.9 Å². The fraction of sp³-hybridized carbons (Fsp3) is 0.857. The van der Waals surface area contributed by atoms with Crippen LogP contribution in [0.15, 0.2) is 0 Å². The van der Waals surface area contributed by atoms with Crippen LogP contribution in [0.25, 0.3) is 0 Å². The van der Waals surface area contributed by atoms with E-state index in [9.17, 15) is 4.79 Å². The highest BCUT2D eigenvalue weighted by atomic mass is 16.1. The Morgan fingerprint density at radius 1 is 1.47 bits per heavy atom. The van der Waals surface area contributed by atoms with Crippen molar-refractivity contribution < 1.29 is 4.79 Å². The maximum atomic E-state index is 12.0. The molecule has 0 aromatic heterocycles. The van der Waals surface area contributed by atoms with Crippen LogP contribution in [0.5, 0.6) is 0 Å². The number of hydrogen-bond donors (Lipinski definition) is 1. The van der Waals surface area contributed by atoms with Gasteiger partial charge in [-0.2, -0.15) is 5.26 Å². The summed E-state index contributed by atoms with van der Waals surface area (Å²) in [4.78, 5) is 12.0. The number of carbonyl (C=O) groups is 1. The molecular formula is C14H24N2O. The number of nitrogens with zero attached hydrogens (tertiary/aromatic N) is 1. The third-order valence-electron chi connectivity index (χ3n) is 4.08. The van der Waals surface area contributed by atoms with Gasteiger partial charge in [0.1, 0.15) is 5.92 Å². The molecular weight excluding hydrogens is 212 g/mol. The number of carbonyl (C=O) groups excluding carboxylic acids is 1. The van der Waals surface area contributed by atoms with Crippen molar-refractivity contribution >= 4 is 5.91 Å². The minimum absolute atomic E-state index is 0.0692. The van der Waals surface area contributed by atoms with Crippen molar-refractivity contribution in [3.8, 4) is 6.07 Å². The Morgan fingerprint density at radius 2 is 2.18 bits per heavy atom. The van der Waals surface area contributed by atoms with Crippen LogP contribution in [-0.2, 0) is 4.79 Å². The Bertz CT molecular complexity index is 295. The lowest BCUT2D eigenvalue weighted by molar-refractivity contribution is -0.125. The van der Waals surface area contributed by atoms with Crippen LogP contribution >= 0.6 is 0 Å². The largest absolute Gasteiger partial charge is 0.352 e. The summed E-state index contributed by atoms with van der Waals surface area (Å²) in [7, 11) is 0. The zero-order valence-electron chi connectivity index (χ0n) is 11.2. The highest BCUT2D eigenvalue weighted by Crippen LogP contribution is 2.29. The lowest BCUT2D eigenvalue weighted by Gasteiger charge is -2.35. The summed E-state index contributed by atoms with van der Waals surface area (Å²) in [5.41, 5.74) is 0. The molecule has 3 nitrogen and oxygen atoms in total. The molecule has 0 saturated heterocycles. The van der Waals surface area contributed by atoms with Crippen LogP contribution in [0.2, 0.25) is 0 Å². The van der Waals surface area contributed by atoms with Gasteiger partial charge >= 0.3 is 0 Å². The molecule has 0 heterocycles. The minimum atomic E-state index is -0.468. The van der Waals surface area contributed by atoms with E-state index < -0.39 is 5.92 Å². The van der Waals surface area contributed by atoms with Crippen LogP contribution in [-0.4, -0.2) is 11.9 Å². The second-order valence-corrected chi connectivity index (χ2v) is 5.35. The summed E-state index contributed by atoms with van der Waals surface area (Å²) >= 11 is 0. The monoisotopic (exact) mass is 236 g/mol. The maximum Gasteiger partial charge on any atom is 0.237 e. The molecule has 1 aliphatic rings. The van der Waals surface area contributed by atoms with Crippen LogP contribution in [0.3, 0.4) is 0 Å². The van der Waals surface area contributed by atoms with Gasteiger partial charge in [-0.05, 0) is 24.7 Å². The van der Waals surface area contributed by atoms with Crippen LogP contribution in [0.4, 0.5) is 0 Å². The third-order valence-corrected chi connectivity index (χ3v) is 4.08. The summed E-state index contributed by atoms with van der Waals surface area (Å²) in [5.74, 6) is 0.652. The summed E-state index contributed by atoms with van der Waals surface area (Å²) in [6.07, 6.45) is 5.04. The van der Waals surface area contributed by atoms with E-state index in [1.807, 2.05) is 6.92 Å². The zero-order valence-corrected chi connectivity index (χ0v) is 11.2. The molecule has 1 amide bonds. The lowest BCUT2D eigenvalue weighted by Crippen LogP contribution is -2.45. The average Bonchev–Trinajstić information content (AvgIpc) is 2.31. The van der Waals surface area contributed by atoms with E-state index in [-0.39, 0.29) is 11.9 Å². The van der Waals surface area contributed by atoms with Gasteiger partial charge in [-0.15, -0.1) is 0 Å². The number of nitriles is 1. The van der Waals surface area contributed by atoms with Crippen LogP contribution < -0.4 is 5.32 Å². The van der Waals surface area contributed by atoms with E-state index in [2.05, 4.69) is 25.2 Å². The Kier molecular flexibility index (Phi) is 5.47. The molecule has 4 atom stereocenters. The molecule has 4 unspecified atom stereocenters. The van der Waals surface area contributed by atoms with Gasteiger partial charge in [-0.3, -0.25) is 4.79 Å². The van der Waals surface area contributed by atoms with E-state index in [0.717, 1.165) is 12.8 Å². The van der Waals surface area contributed by atoms with Crippen molar-refractivity contribution in [2.75, 3.05) is 0 Å². The van der Waals surface area contributed by atoms with E-state index in [1.54, 1.807) is 0 Å². The molecule has 0 bridgehead atoms. The van der Waals surface area contributed by atoms with Gasteiger partial charge in [0, 0.05) is 6.04 Å². The SMILES string of the molecule is CCCC(C#N)C(=O)NC1CCCC(C)C1C. The van der Waals surface area contributed by atoms with Crippen molar-refractivity contribution in [2.24, 2.45) is 17.8 Å². The number of nitrogens with one attached hydrogen (secondary N) is 1. The summed E-state index contributed by atoms with van der Waals surface area (Å²) in [6.45, 7) is 6.45. The van der Waals surface area contributed by atoms with Crippen molar-refractivity contribution in [3.63, 3.8) is 0 Å². The molecule has 1 N–H and O–H groups in total. The zero-order chi connectivity index (χ0) is 12.8. The molecule has 1 saturated carbocycles. The van der Waals surface area contributed by atoms with Crippen molar-refractivity contribution in [2.45, 2.75) is 58.9 Å². The van der Waals surface area contributed by atoms with E-state index in [4.69, 9.17) is 5.26 Å². The normalized spacial score (nSPS) is 30.4. The molecule has 17 heavy (non-hydrogen) atoms. The summed E-state index contributed by atoms with van der Waals surface area (Å²) < 4.78 is 0. The highest BCUT2D eigenvalue weighted by Gasteiger charge is 2.29. The first-order chi connectivity index (χ1) is 8.10. The molecule has 0 radical (unpaired) electrons. The Labute approximate surface area is 105 Å². The predicted molar refractivity (Wildman–Crippen MR) is 68.1 cm³/mol. The second-order valence-electron chi connectivity index (χ2n) is 5.35. The molecule has 96 valence electrons. The van der Waals surface area contributed by atoms with E-state index >= 15 is 0 Å². The Balaban J connectivity index is 2.52. The van der Waals surface area contributed by atoms with Gasteiger partial charge < -0.3 is 5.32 Å². The van der Waals surface area contributed by atoms with Crippen molar-refractivity contribution in [1.82, 2.24) is 5.32 Å². The number of hydrogen-bond acceptors (Lipinski definition) is 2. The Hall–Kier alpha value is -1.04. The van der Waals surface area contributed by atoms with E-state index in [1.165, 1.54) is 12.8 Å². The molecule has 1 fully saturated rings. The first kappa shape index (κ1) is 14.0. The second kappa shape index (κ2) is 6.64. The summed E-state index contributed by atoms with van der Waals surface area (Å²) in [5, 5.41) is 12.0.